The molecule has 0 unspecified atom stereocenters. The maximum atomic E-state index is 12.0. The third-order valence-electron chi connectivity index (χ3n) is 6.17. The van der Waals surface area contributed by atoms with E-state index in [0.717, 1.165) is 17.8 Å². The Hall–Kier alpha value is -0.580. The molecular formula is C16H27NO3S. The molecule has 4 saturated carbocycles. The lowest BCUT2D eigenvalue weighted by Gasteiger charge is -2.59. The maximum Gasteiger partial charge on any atom is 0.235 e. The molecule has 0 aromatic heterocycles. The molecule has 4 aliphatic rings. The summed E-state index contributed by atoms with van der Waals surface area (Å²) in [4.78, 5) is 12.0. The van der Waals surface area contributed by atoms with Gasteiger partial charge in [-0.05, 0) is 68.6 Å². The summed E-state index contributed by atoms with van der Waals surface area (Å²) < 4.78 is 23.2. The van der Waals surface area contributed by atoms with Crippen molar-refractivity contribution in [3.05, 3.63) is 0 Å². The second-order valence-corrected chi connectivity index (χ2v) is 10.1. The Kier molecular flexibility index (Phi) is 3.83. The Bertz CT molecular complexity index is 490. The van der Waals surface area contributed by atoms with Crippen molar-refractivity contribution in [1.29, 1.82) is 0 Å². The van der Waals surface area contributed by atoms with E-state index in [-0.39, 0.29) is 28.9 Å². The van der Waals surface area contributed by atoms with Gasteiger partial charge in [0.2, 0.25) is 5.91 Å². The molecule has 5 heteroatoms. The molecule has 4 aliphatic carbocycles. The van der Waals surface area contributed by atoms with Gasteiger partial charge in [-0.3, -0.25) is 4.79 Å². The zero-order chi connectivity index (χ0) is 15.3. The van der Waals surface area contributed by atoms with Crippen molar-refractivity contribution in [2.75, 3.05) is 11.5 Å². The van der Waals surface area contributed by atoms with Gasteiger partial charge in [-0.1, -0.05) is 6.92 Å². The first kappa shape index (κ1) is 15.3. The first-order valence-electron chi connectivity index (χ1n) is 8.32. The highest BCUT2D eigenvalue weighted by Gasteiger charge is 2.53. The fraction of sp³-hybridized carbons (Fsp3) is 0.938. The van der Waals surface area contributed by atoms with Gasteiger partial charge in [0, 0.05) is 11.8 Å². The number of amides is 1. The van der Waals surface area contributed by atoms with Crippen LogP contribution >= 0.6 is 0 Å². The van der Waals surface area contributed by atoms with Crippen LogP contribution < -0.4 is 5.32 Å². The van der Waals surface area contributed by atoms with Gasteiger partial charge < -0.3 is 5.32 Å². The van der Waals surface area contributed by atoms with Crippen LogP contribution in [0.3, 0.4) is 0 Å². The van der Waals surface area contributed by atoms with Crippen LogP contribution in [-0.4, -0.2) is 31.9 Å². The zero-order valence-electron chi connectivity index (χ0n) is 13.1. The summed E-state index contributed by atoms with van der Waals surface area (Å²) in [6, 6.07) is 0.102. The van der Waals surface area contributed by atoms with Crippen LogP contribution in [0.4, 0.5) is 0 Å². The fourth-order valence-corrected chi connectivity index (χ4v) is 6.13. The van der Waals surface area contributed by atoms with Crippen molar-refractivity contribution >= 4 is 15.7 Å². The number of hydrogen-bond donors (Lipinski definition) is 1. The van der Waals surface area contributed by atoms with E-state index in [1.807, 2.05) is 0 Å². The molecular weight excluding hydrogens is 286 g/mol. The Morgan fingerprint density at radius 2 is 1.62 bits per heavy atom. The molecule has 0 spiro atoms. The van der Waals surface area contributed by atoms with Gasteiger partial charge in [-0.25, -0.2) is 8.42 Å². The number of hydrogen-bond acceptors (Lipinski definition) is 3. The van der Waals surface area contributed by atoms with E-state index in [4.69, 9.17) is 0 Å². The minimum atomic E-state index is -3.23. The Labute approximate surface area is 128 Å². The monoisotopic (exact) mass is 313 g/mol. The van der Waals surface area contributed by atoms with E-state index in [1.165, 1.54) is 38.5 Å². The fourth-order valence-electron chi connectivity index (χ4n) is 5.45. The molecule has 4 nitrogen and oxygen atoms in total. The van der Waals surface area contributed by atoms with E-state index in [2.05, 4.69) is 12.2 Å². The van der Waals surface area contributed by atoms with Gasteiger partial charge in [0.1, 0.15) is 5.75 Å². The number of carbonyl (C=O) groups is 1. The molecule has 0 heterocycles. The quantitative estimate of drug-likeness (QED) is 0.846. The third kappa shape index (κ3) is 2.99. The molecule has 0 aromatic carbocycles. The highest BCUT2D eigenvalue weighted by Crippen LogP contribution is 2.61. The van der Waals surface area contributed by atoms with Gasteiger partial charge >= 0.3 is 0 Å². The molecule has 0 aliphatic heterocycles. The topological polar surface area (TPSA) is 63.2 Å². The summed E-state index contributed by atoms with van der Waals surface area (Å²) in [5.74, 6) is 1.88. The molecule has 0 saturated heterocycles. The third-order valence-corrected chi connectivity index (χ3v) is 7.75. The summed E-state index contributed by atoms with van der Waals surface area (Å²) >= 11 is 0. The molecule has 120 valence electrons. The predicted molar refractivity (Wildman–Crippen MR) is 82.5 cm³/mol. The summed E-state index contributed by atoms with van der Waals surface area (Å²) in [7, 11) is -3.23. The van der Waals surface area contributed by atoms with Crippen LogP contribution in [0.15, 0.2) is 0 Å². The largest absolute Gasteiger partial charge is 0.352 e. The second-order valence-electron chi connectivity index (χ2n) is 7.75. The van der Waals surface area contributed by atoms with Gasteiger partial charge in [0.15, 0.2) is 9.84 Å². The summed E-state index contributed by atoms with van der Waals surface area (Å²) in [6.07, 6.45) is 7.81. The van der Waals surface area contributed by atoms with Crippen LogP contribution in [0.2, 0.25) is 0 Å². The highest BCUT2D eigenvalue weighted by molar-refractivity contribution is 7.92. The smallest absolute Gasteiger partial charge is 0.235 e. The van der Waals surface area contributed by atoms with Crippen LogP contribution in [0, 0.1) is 23.2 Å². The Balaban J connectivity index is 1.65. The second kappa shape index (κ2) is 5.25. The van der Waals surface area contributed by atoms with Crippen molar-refractivity contribution in [3.8, 4) is 0 Å². The first-order chi connectivity index (χ1) is 9.82. The average molecular weight is 313 g/mol. The molecule has 4 fully saturated rings. The molecule has 21 heavy (non-hydrogen) atoms. The SMILES string of the molecule is CCS(=O)(=O)CC(=O)N[C@@H](C)C12CC3CC(CC(C3)C1)C2. The van der Waals surface area contributed by atoms with Crippen molar-refractivity contribution in [2.45, 2.75) is 58.4 Å². The van der Waals surface area contributed by atoms with Gasteiger partial charge in [0.05, 0.1) is 0 Å². The van der Waals surface area contributed by atoms with Gasteiger partial charge in [0.25, 0.3) is 0 Å². The Morgan fingerprint density at radius 1 is 1.14 bits per heavy atom. The number of carbonyl (C=O) groups excluding carboxylic acids is 1. The lowest BCUT2D eigenvalue weighted by molar-refractivity contribution is -0.123. The first-order valence-corrected chi connectivity index (χ1v) is 10.1. The molecule has 0 aromatic rings. The van der Waals surface area contributed by atoms with E-state index < -0.39 is 9.84 Å². The van der Waals surface area contributed by atoms with Crippen LogP contribution in [0.25, 0.3) is 0 Å². The minimum absolute atomic E-state index is 0.0339. The number of rotatable bonds is 5. The summed E-state index contributed by atoms with van der Waals surface area (Å²) in [5, 5.41) is 3.01. The molecule has 1 atom stereocenters. The minimum Gasteiger partial charge on any atom is -0.352 e. The standard InChI is InChI=1S/C16H27NO3S/c1-3-21(19,20)10-15(18)17-11(2)16-7-12-4-13(8-16)6-14(5-12)9-16/h11-14H,3-10H2,1-2H3,(H,17,18)/t11-,12?,13?,14?,16?/m0/s1. The van der Waals surface area contributed by atoms with Crippen molar-refractivity contribution in [2.24, 2.45) is 23.2 Å². The van der Waals surface area contributed by atoms with E-state index in [0.29, 0.717) is 0 Å². The molecule has 1 amide bonds. The summed E-state index contributed by atoms with van der Waals surface area (Å²) in [6.45, 7) is 3.68. The normalized spacial score (nSPS) is 39.2. The van der Waals surface area contributed by atoms with Crippen molar-refractivity contribution in [3.63, 3.8) is 0 Å². The van der Waals surface area contributed by atoms with Crippen LogP contribution in [-0.2, 0) is 14.6 Å². The lowest BCUT2D eigenvalue weighted by Crippen LogP contribution is -2.56. The zero-order valence-corrected chi connectivity index (χ0v) is 13.9. The van der Waals surface area contributed by atoms with Gasteiger partial charge in [-0.2, -0.15) is 0 Å². The Morgan fingerprint density at radius 3 is 2.05 bits per heavy atom. The molecule has 4 rings (SSSR count). The average Bonchev–Trinajstić information content (AvgIpc) is 2.36. The van der Waals surface area contributed by atoms with Crippen LogP contribution in [0.1, 0.15) is 52.4 Å². The van der Waals surface area contributed by atoms with Crippen molar-refractivity contribution in [1.82, 2.24) is 5.32 Å². The number of sulfone groups is 1. The van der Waals surface area contributed by atoms with E-state index in [1.54, 1.807) is 6.92 Å². The van der Waals surface area contributed by atoms with E-state index in [9.17, 15) is 13.2 Å². The summed E-state index contributed by atoms with van der Waals surface area (Å²) in [5.41, 5.74) is 0.236. The van der Waals surface area contributed by atoms with E-state index >= 15 is 0 Å². The lowest BCUT2D eigenvalue weighted by atomic mass is 9.48. The van der Waals surface area contributed by atoms with Crippen LogP contribution in [0.5, 0.6) is 0 Å². The maximum absolute atomic E-state index is 12.0. The molecule has 4 bridgehead atoms. The predicted octanol–water partition coefficient (Wildman–Crippen LogP) is 2.14. The van der Waals surface area contributed by atoms with Gasteiger partial charge in [-0.15, -0.1) is 0 Å². The van der Waals surface area contributed by atoms with Crippen molar-refractivity contribution < 1.29 is 13.2 Å². The molecule has 0 radical (unpaired) electrons. The molecule has 1 N–H and O–H groups in total. The number of nitrogens with one attached hydrogen (secondary N) is 1. The highest BCUT2D eigenvalue weighted by atomic mass is 32.2.